The van der Waals surface area contributed by atoms with Crippen LogP contribution in [-0.4, -0.2) is 81.7 Å². The van der Waals surface area contributed by atoms with Gasteiger partial charge in [0.15, 0.2) is 5.96 Å². The van der Waals surface area contributed by atoms with Crippen LogP contribution in [0, 0.1) is 5.92 Å². The molecule has 160 valence electrons. The minimum absolute atomic E-state index is 0.141. The van der Waals surface area contributed by atoms with Gasteiger partial charge in [-0.15, -0.1) is 0 Å². The number of benzene rings is 1. The molecule has 2 aliphatic rings. The third-order valence-corrected chi connectivity index (χ3v) is 6.00. The summed E-state index contributed by atoms with van der Waals surface area (Å²) in [4.78, 5) is 21.0. The standard InChI is InChI=1S/C22H35N5O2/c1-23-21(28)16-18-8-10-27(11-9-18)22(24-2)25-17-20(19-6-4-3-5-7-19)26-12-14-29-15-13-26/h3-7,18,20H,8-17H2,1-2H3,(H,23,28)(H,24,25). The molecule has 0 aromatic heterocycles. The first-order valence-electron chi connectivity index (χ1n) is 10.7. The molecule has 7 nitrogen and oxygen atoms in total. The highest BCUT2D eigenvalue weighted by Gasteiger charge is 2.26. The van der Waals surface area contributed by atoms with Gasteiger partial charge in [-0.05, 0) is 24.3 Å². The van der Waals surface area contributed by atoms with Crippen molar-refractivity contribution in [2.75, 3.05) is 60.0 Å². The van der Waals surface area contributed by atoms with Crippen LogP contribution in [0.3, 0.4) is 0 Å². The van der Waals surface area contributed by atoms with E-state index in [0.29, 0.717) is 18.4 Å². The van der Waals surface area contributed by atoms with Crippen LogP contribution in [0.25, 0.3) is 0 Å². The topological polar surface area (TPSA) is 69.2 Å². The van der Waals surface area contributed by atoms with Gasteiger partial charge in [-0.1, -0.05) is 30.3 Å². The molecule has 2 saturated heterocycles. The van der Waals surface area contributed by atoms with E-state index in [1.165, 1.54) is 5.56 Å². The van der Waals surface area contributed by atoms with E-state index in [9.17, 15) is 4.79 Å². The van der Waals surface area contributed by atoms with Crippen LogP contribution in [0.2, 0.25) is 0 Å². The van der Waals surface area contributed by atoms with Gasteiger partial charge in [0.1, 0.15) is 0 Å². The number of rotatable bonds is 6. The smallest absolute Gasteiger partial charge is 0.220 e. The Morgan fingerprint density at radius 1 is 1.17 bits per heavy atom. The van der Waals surface area contributed by atoms with Gasteiger partial charge in [-0.25, -0.2) is 0 Å². The molecule has 0 aliphatic carbocycles. The second-order valence-electron chi connectivity index (χ2n) is 7.81. The fourth-order valence-electron chi connectivity index (χ4n) is 4.26. The van der Waals surface area contributed by atoms with E-state index in [0.717, 1.165) is 64.7 Å². The molecule has 0 bridgehead atoms. The van der Waals surface area contributed by atoms with Crippen molar-refractivity contribution in [3.63, 3.8) is 0 Å². The van der Waals surface area contributed by atoms with Crippen molar-refractivity contribution >= 4 is 11.9 Å². The van der Waals surface area contributed by atoms with Crippen LogP contribution in [0.15, 0.2) is 35.3 Å². The zero-order valence-corrected chi connectivity index (χ0v) is 17.8. The van der Waals surface area contributed by atoms with Gasteiger partial charge in [0.05, 0.1) is 19.3 Å². The Balaban J connectivity index is 1.57. The minimum Gasteiger partial charge on any atom is -0.379 e. The Morgan fingerprint density at radius 3 is 2.48 bits per heavy atom. The predicted molar refractivity (Wildman–Crippen MR) is 116 cm³/mol. The summed E-state index contributed by atoms with van der Waals surface area (Å²) in [5, 5.41) is 6.35. The first-order valence-corrected chi connectivity index (χ1v) is 10.7. The number of guanidine groups is 1. The number of aliphatic imine (C=N–C) groups is 1. The molecule has 0 radical (unpaired) electrons. The number of ether oxygens (including phenoxy) is 1. The lowest BCUT2D eigenvalue weighted by atomic mass is 9.93. The maximum Gasteiger partial charge on any atom is 0.220 e. The van der Waals surface area contributed by atoms with Crippen molar-refractivity contribution in [1.82, 2.24) is 20.4 Å². The molecule has 1 atom stereocenters. The van der Waals surface area contributed by atoms with Gasteiger partial charge in [0, 0.05) is 53.2 Å². The van der Waals surface area contributed by atoms with Crippen molar-refractivity contribution in [3.05, 3.63) is 35.9 Å². The third kappa shape index (κ3) is 6.18. The summed E-state index contributed by atoms with van der Waals surface area (Å²) in [5.41, 5.74) is 1.32. The van der Waals surface area contributed by atoms with Crippen LogP contribution < -0.4 is 10.6 Å². The average Bonchev–Trinajstić information content (AvgIpc) is 2.78. The van der Waals surface area contributed by atoms with E-state index in [2.05, 4.69) is 55.8 Å². The van der Waals surface area contributed by atoms with E-state index < -0.39 is 0 Å². The summed E-state index contributed by atoms with van der Waals surface area (Å²) < 4.78 is 5.55. The average molecular weight is 402 g/mol. The molecular weight excluding hydrogens is 366 g/mol. The van der Waals surface area contributed by atoms with Crippen molar-refractivity contribution in [2.24, 2.45) is 10.9 Å². The molecule has 1 amide bonds. The number of piperidine rings is 1. The first-order chi connectivity index (χ1) is 14.2. The number of morpholine rings is 1. The summed E-state index contributed by atoms with van der Waals surface area (Å²) in [5.74, 6) is 1.56. The Kier molecular flexibility index (Phi) is 8.31. The highest BCUT2D eigenvalue weighted by atomic mass is 16.5. The molecule has 7 heteroatoms. The zero-order chi connectivity index (χ0) is 20.5. The molecule has 29 heavy (non-hydrogen) atoms. The molecule has 2 aliphatic heterocycles. The summed E-state index contributed by atoms with van der Waals surface area (Å²) in [7, 11) is 3.56. The number of nitrogens with one attached hydrogen (secondary N) is 2. The molecule has 0 saturated carbocycles. The number of nitrogens with zero attached hydrogens (tertiary/aromatic N) is 3. The van der Waals surface area contributed by atoms with Gasteiger partial charge in [-0.3, -0.25) is 14.7 Å². The Bertz CT molecular complexity index is 652. The van der Waals surface area contributed by atoms with Crippen LogP contribution in [0.1, 0.15) is 30.9 Å². The van der Waals surface area contributed by atoms with Crippen LogP contribution >= 0.6 is 0 Å². The van der Waals surface area contributed by atoms with E-state index in [-0.39, 0.29) is 5.91 Å². The molecule has 1 aromatic rings. The number of carbonyl (C=O) groups excluding carboxylic acids is 1. The maximum absolute atomic E-state index is 11.6. The molecular formula is C22H35N5O2. The van der Waals surface area contributed by atoms with Crippen molar-refractivity contribution in [2.45, 2.75) is 25.3 Å². The van der Waals surface area contributed by atoms with Crippen LogP contribution in [0.5, 0.6) is 0 Å². The maximum atomic E-state index is 11.6. The Hall–Kier alpha value is -2.12. The van der Waals surface area contributed by atoms with Crippen molar-refractivity contribution in [3.8, 4) is 0 Å². The second kappa shape index (κ2) is 11.2. The predicted octanol–water partition coefficient (Wildman–Crippen LogP) is 1.48. The van der Waals surface area contributed by atoms with E-state index in [1.54, 1.807) is 7.05 Å². The van der Waals surface area contributed by atoms with Crippen molar-refractivity contribution in [1.29, 1.82) is 0 Å². The van der Waals surface area contributed by atoms with Gasteiger partial charge in [0.25, 0.3) is 0 Å². The van der Waals surface area contributed by atoms with Crippen molar-refractivity contribution < 1.29 is 9.53 Å². The number of hydrogen-bond acceptors (Lipinski definition) is 4. The fourth-order valence-corrected chi connectivity index (χ4v) is 4.26. The van der Waals surface area contributed by atoms with Gasteiger partial charge < -0.3 is 20.3 Å². The number of likely N-dealkylation sites (tertiary alicyclic amines) is 1. The molecule has 3 rings (SSSR count). The molecule has 1 aromatic carbocycles. The van der Waals surface area contributed by atoms with Gasteiger partial charge in [0.2, 0.25) is 5.91 Å². The van der Waals surface area contributed by atoms with E-state index in [4.69, 9.17) is 4.74 Å². The van der Waals surface area contributed by atoms with Crippen LogP contribution in [0.4, 0.5) is 0 Å². The van der Waals surface area contributed by atoms with E-state index in [1.807, 2.05) is 7.05 Å². The lowest BCUT2D eigenvalue weighted by Crippen LogP contribution is -2.49. The van der Waals surface area contributed by atoms with Crippen LogP contribution in [-0.2, 0) is 9.53 Å². The lowest BCUT2D eigenvalue weighted by Gasteiger charge is -2.37. The highest BCUT2D eigenvalue weighted by Crippen LogP contribution is 2.23. The van der Waals surface area contributed by atoms with Gasteiger partial charge in [-0.2, -0.15) is 0 Å². The lowest BCUT2D eigenvalue weighted by molar-refractivity contribution is -0.121. The summed E-state index contributed by atoms with van der Waals surface area (Å²) >= 11 is 0. The number of carbonyl (C=O) groups is 1. The molecule has 2 heterocycles. The summed E-state index contributed by atoms with van der Waals surface area (Å²) in [6, 6.07) is 11.0. The third-order valence-electron chi connectivity index (χ3n) is 6.00. The molecule has 1 unspecified atom stereocenters. The van der Waals surface area contributed by atoms with E-state index >= 15 is 0 Å². The normalized spacial score (nSPS) is 20.3. The summed E-state index contributed by atoms with van der Waals surface area (Å²) in [6.07, 6.45) is 2.68. The monoisotopic (exact) mass is 401 g/mol. The quantitative estimate of drug-likeness (QED) is 0.558. The molecule has 2 N–H and O–H groups in total. The minimum atomic E-state index is 0.141. The number of amides is 1. The van der Waals surface area contributed by atoms with Gasteiger partial charge >= 0.3 is 0 Å². The summed E-state index contributed by atoms with van der Waals surface area (Å²) in [6.45, 7) is 6.17. The second-order valence-corrected chi connectivity index (χ2v) is 7.81. The zero-order valence-electron chi connectivity index (χ0n) is 17.8. The molecule has 0 spiro atoms. The molecule has 2 fully saturated rings. The Labute approximate surface area is 174 Å². The fraction of sp³-hybridized carbons (Fsp3) is 0.636. The first kappa shape index (κ1) is 21.6. The SMILES string of the molecule is CN=C(NCC(c1ccccc1)N1CCOCC1)N1CCC(CC(=O)NC)CC1. The highest BCUT2D eigenvalue weighted by molar-refractivity contribution is 5.80. The number of hydrogen-bond donors (Lipinski definition) is 2. The Morgan fingerprint density at radius 2 is 1.86 bits per heavy atom. The largest absolute Gasteiger partial charge is 0.379 e.